The Morgan fingerprint density at radius 2 is 0.821 bits per heavy atom. The van der Waals surface area contributed by atoms with Gasteiger partial charge in [-0.1, -0.05) is 105 Å². The van der Waals surface area contributed by atoms with Crippen molar-refractivity contribution in [2.24, 2.45) is 5.92 Å². The zero-order chi connectivity index (χ0) is 40.8. The predicted octanol–water partition coefficient (Wildman–Crippen LogP) is 12.3. The van der Waals surface area contributed by atoms with Crippen LogP contribution >= 0.6 is 15.8 Å². The van der Waals surface area contributed by atoms with Crippen molar-refractivity contribution >= 4 is 42.4 Å². The summed E-state index contributed by atoms with van der Waals surface area (Å²) >= 11 is 0. The number of alkyl halides is 12. The fraction of sp³-hybridized carbons (Fsp3) is 0.286. The minimum Gasteiger partial charge on any atom is -0.166 e. The molecule has 0 aliphatic heterocycles. The maximum absolute atomic E-state index is 14.3. The van der Waals surface area contributed by atoms with Gasteiger partial charge >= 0.3 is 24.7 Å². The molecule has 2 atom stereocenters. The van der Waals surface area contributed by atoms with Crippen LogP contribution in [0.15, 0.2) is 121 Å². The van der Waals surface area contributed by atoms with Crippen LogP contribution in [0.4, 0.5) is 52.7 Å². The third kappa shape index (κ3) is 8.82. The van der Waals surface area contributed by atoms with Gasteiger partial charge in [-0.05, 0) is 114 Å². The molecule has 1 aliphatic rings. The van der Waals surface area contributed by atoms with Crippen LogP contribution in [0.2, 0.25) is 0 Å². The first-order chi connectivity index (χ1) is 26.1. The van der Waals surface area contributed by atoms with Crippen LogP contribution in [0.5, 0.6) is 0 Å². The van der Waals surface area contributed by atoms with Crippen molar-refractivity contribution in [2.75, 3.05) is 0 Å². The highest BCUT2D eigenvalue weighted by atomic mass is 31.1. The molecule has 1 saturated carbocycles. The zero-order valence-electron chi connectivity index (χ0n) is 29.8. The standard InChI is InChI=1S/C42H34F12P2/c1-38(2,36-18-11-17-34(36)35-16-9-10-19-37(35)55(30-12-5-3-6-13-30)31-14-7-4-8-15-31)56(32-22-26(39(43,44)45)20-27(23-32)40(46,47)48)33-24-28(41(49,50)51)21-29(25-33)42(52,53)54/h3-10,12-16,19-25,34,36H,11,17-18H2,1-2H3. The van der Waals surface area contributed by atoms with E-state index in [4.69, 9.17) is 0 Å². The van der Waals surface area contributed by atoms with Crippen LogP contribution in [0.3, 0.4) is 0 Å². The second-order valence-corrected chi connectivity index (χ2v) is 19.3. The summed E-state index contributed by atoms with van der Waals surface area (Å²) in [5, 5.41) is 0.234. The number of halogens is 12. The fourth-order valence-corrected chi connectivity index (χ4v) is 13.8. The lowest BCUT2D eigenvalue weighted by Crippen LogP contribution is -2.39. The second kappa shape index (κ2) is 15.5. The predicted molar refractivity (Wildman–Crippen MR) is 198 cm³/mol. The van der Waals surface area contributed by atoms with Crippen LogP contribution in [0.1, 0.15) is 66.8 Å². The van der Waals surface area contributed by atoms with Crippen LogP contribution in [-0.4, -0.2) is 5.16 Å². The summed E-state index contributed by atoms with van der Waals surface area (Å²) in [4.78, 5) is 0. The number of hydrogen-bond acceptors (Lipinski definition) is 0. The summed E-state index contributed by atoms with van der Waals surface area (Å²) in [6, 6.07) is 28.5. The van der Waals surface area contributed by atoms with Crippen molar-refractivity contribution in [3.05, 3.63) is 149 Å². The molecule has 56 heavy (non-hydrogen) atoms. The van der Waals surface area contributed by atoms with Gasteiger partial charge in [-0.3, -0.25) is 0 Å². The maximum Gasteiger partial charge on any atom is 0.416 e. The molecule has 0 aromatic heterocycles. The molecule has 296 valence electrons. The molecule has 0 N–H and O–H groups in total. The van der Waals surface area contributed by atoms with E-state index in [1.807, 2.05) is 84.9 Å². The Bertz CT molecular complexity index is 1960. The maximum atomic E-state index is 14.3. The van der Waals surface area contributed by atoms with Gasteiger partial charge < -0.3 is 0 Å². The zero-order valence-corrected chi connectivity index (χ0v) is 31.5. The SMILES string of the molecule is CC(C)(C1CCCC1c1ccccc1P(c1ccccc1)c1ccccc1)P(c1cc(C(F)(F)F)cc(C(F)(F)F)c1)c1cc(C(F)(F)F)cc(C(F)(F)F)c1. The van der Waals surface area contributed by atoms with E-state index in [-0.39, 0.29) is 12.1 Å². The summed E-state index contributed by atoms with van der Waals surface area (Å²) in [6.07, 6.45) is -19.8. The van der Waals surface area contributed by atoms with E-state index in [0.717, 1.165) is 21.5 Å². The average molecular weight is 829 g/mol. The normalized spacial score (nSPS) is 17.2. The lowest BCUT2D eigenvalue weighted by molar-refractivity contribution is -0.144. The highest BCUT2D eigenvalue weighted by Gasteiger charge is 2.48. The van der Waals surface area contributed by atoms with Crippen molar-refractivity contribution < 1.29 is 52.7 Å². The highest BCUT2D eigenvalue weighted by molar-refractivity contribution is 7.80. The summed E-state index contributed by atoms with van der Waals surface area (Å²) in [5.41, 5.74) is -5.98. The van der Waals surface area contributed by atoms with Crippen LogP contribution < -0.4 is 26.5 Å². The van der Waals surface area contributed by atoms with Gasteiger partial charge in [-0.15, -0.1) is 0 Å². The number of rotatable bonds is 8. The van der Waals surface area contributed by atoms with E-state index in [9.17, 15) is 52.7 Å². The minimum absolute atomic E-state index is 0.0959. The third-order valence-electron chi connectivity index (χ3n) is 10.3. The molecule has 5 aromatic rings. The van der Waals surface area contributed by atoms with Crippen LogP contribution in [-0.2, 0) is 24.7 Å². The second-order valence-electron chi connectivity index (χ2n) is 14.2. The molecule has 0 radical (unpaired) electrons. The van der Waals surface area contributed by atoms with E-state index in [2.05, 4.69) is 0 Å². The van der Waals surface area contributed by atoms with E-state index in [1.54, 1.807) is 13.8 Å². The van der Waals surface area contributed by atoms with Crippen molar-refractivity contribution in [2.45, 2.75) is 68.9 Å². The first-order valence-corrected chi connectivity index (χ1v) is 20.1. The molecule has 1 aliphatic carbocycles. The quantitative estimate of drug-likeness (QED) is 0.108. The van der Waals surface area contributed by atoms with Gasteiger partial charge in [-0.25, -0.2) is 0 Å². The van der Waals surface area contributed by atoms with Gasteiger partial charge in [0.1, 0.15) is 0 Å². The molecule has 0 saturated heterocycles. The smallest absolute Gasteiger partial charge is 0.166 e. The lowest BCUT2D eigenvalue weighted by Gasteiger charge is -2.44. The van der Waals surface area contributed by atoms with Gasteiger partial charge in [-0.2, -0.15) is 52.7 Å². The van der Waals surface area contributed by atoms with Crippen molar-refractivity contribution in [3.63, 3.8) is 0 Å². The Balaban J connectivity index is 1.60. The molecule has 5 aromatic carbocycles. The van der Waals surface area contributed by atoms with Crippen molar-refractivity contribution in [1.29, 1.82) is 0 Å². The Morgan fingerprint density at radius 3 is 1.21 bits per heavy atom. The summed E-state index contributed by atoms with van der Waals surface area (Å²) < 4.78 is 171. The molecular formula is C42H34F12P2. The molecule has 0 heterocycles. The molecule has 1 fully saturated rings. The first kappa shape index (κ1) is 41.7. The molecule has 2 unspecified atom stereocenters. The van der Waals surface area contributed by atoms with Gasteiger partial charge in [0, 0.05) is 0 Å². The van der Waals surface area contributed by atoms with Crippen molar-refractivity contribution in [1.82, 2.24) is 0 Å². The van der Waals surface area contributed by atoms with Gasteiger partial charge in [0.15, 0.2) is 0 Å². The molecule has 6 rings (SSSR count). The lowest BCUT2D eigenvalue weighted by atomic mass is 9.81. The van der Waals surface area contributed by atoms with E-state index in [1.165, 1.54) is 0 Å². The Hall–Kier alpha value is -3.88. The summed E-state index contributed by atoms with van der Waals surface area (Å²) in [5.74, 6) is -0.990. The summed E-state index contributed by atoms with van der Waals surface area (Å²) in [6.45, 7) is 3.09. The number of benzene rings is 5. The van der Waals surface area contributed by atoms with Crippen LogP contribution in [0, 0.1) is 5.92 Å². The van der Waals surface area contributed by atoms with Gasteiger partial charge in [0.25, 0.3) is 0 Å². The molecule has 0 nitrogen and oxygen atoms in total. The van der Waals surface area contributed by atoms with Crippen LogP contribution in [0.25, 0.3) is 0 Å². The molecule has 14 heteroatoms. The first-order valence-electron chi connectivity index (χ1n) is 17.4. The molecular weight excluding hydrogens is 794 g/mol. The average Bonchev–Trinajstić information content (AvgIpc) is 3.63. The summed E-state index contributed by atoms with van der Waals surface area (Å²) in [7, 11) is -3.99. The Labute approximate surface area is 318 Å². The highest BCUT2D eigenvalue weighted by Crippen LogP contribution is 2.60. The monoisotopic (exact) mass is 828 g/mol. The fourth-order valence-electron chi connectivity index (χ4n) is 7.88. The Morgan fingerprint density at radius 1 is 0.446 bits per heavy atom. The molecule has 0 amide bonds. The van der Waals surface area contributed by atoms with E-state index in [0.29, 0.717) is 43.5 Å². The van der Waals surface area contributed by atoms with Gasteiger partial charge in [0.05, 0.1) is 22.3 Å². The van der Waals surface area contributed by atoms with Gasteiger partial charge in [0.2, 0.25) is 0 Å². The largest absolute Gasteiger partial charge is 0.416 e. The topological polar surface area (TPSA) is 0 Å². The molecule has 0 spiro atoms. The van der Waals surface area contributed by atoms with Crippen molar-refractivity contribution in [3.8, 4) is 0 Å². The Kier molecular flexibility index (Phi) is 11.5. The van der Waals surface area contributed by atoms with E-state index >= 15 is 0 Å². The molecule has 0 bridgehead atoms. The third-order valence-corrected chi connectivity index (χ3v) is 15.8. The number of hydrogen-bond donors (Lipinski definition) is 0. The minimum atomic E-state index is -5.31. The van der Waals surface area contributed by atoms with E-state index < -0.39 is 90.4 Å².